The van der Waals surface area contributed by atoms with Crippen LogP contribution >= 0.6 is 11.6 Å². The van der Waals surface area contributed by atoms with Crippen molar-refractivity contribution >= 4 is 17.7 Å². The maximum absolute atomic E-state index is 10.9. The van der Waals surface area contributed by atoms with E-state index in [9.17, 15) is 4.79 Å². The fourth-order valence-electron chi connectivity index (χ4n) is 1.30. The third-order valence-electron chi connectivity index (χ3n) is 2.05. The molecule has 0 atom stereocenters. The molecule has 1 amide bonds. The SMILES string of the molecule is O=C(O)N(CCCCl)Cc1ccccc1. The fourth-order valence-corrected chi connectivity index (χ4v) is 1.42. The number of amides is 1. The van der Waals surface area contributed by atoms with Gasteiger partial charge in [0, 0.05) is 19.0 Å². The van der Waals surface area contributed by atoms with E-state index >= 15 is 0 Å². The first kappa shape index (κ1) is 11.9. The van der Waals surface area contributed by atoms with Gasteiger partial charge in [-0.25, -0.2) is 4.79 Å². The van der Waals surface area contributed by atoms with Crippen LogP contribution in [0.1, 0.15) is 12.0 Å². The quantitative estimate of drug-likeness (QED) is 0.786. The summed E-state index contributed by atoms with van der Waals surface area (Å²) in [6.45, 7) is 0.904. The molecule has 15 heavy (non-hydrogen) atoms. The van der Waals surface area contributed by atoms with Crippen molar-refractivity contribution in [3.05, 3.63) is 35.9 Å². The summed E-state index contributed by atoms with van der Waals surface area (Å²) in [6.07, 6.45) is -0.218. The third-order valence-corrected chi connectivity index (χ3v) is 2.32. The summed E-state index contributed by atoms with van der Waals surface area (Å²) in [7, 11) is 0. The highest BCUT2D eigenvalue weighted by Crippen LogP contribution is 2.05. The Kier molecular flexibility index (Phi) is 4.98. The Labute approximate surface area is 94.3 Å². The highest BCUT2D eigenvalue weighted by Gasteiger charge is 2.10. The minimum atomic E-state index is -0.899. The Morgan fingerprint density at radius 2 is 2.00 bits per heavy atom. The molecule has 0 radical (unpaired) electrons. The van der Waals surface area contributed by atoms with E-state index in [0.717, 1.165) is 5.56 Å². The van der Waals surface area contributed by atoms with Crippen molar-refractivity contribution in [2.45, 2.75) is 13.0 Å². The molecule has 0 saturated heterocycles. The van der Waals surface area contributed by atoms with Crippen LogP contribution in [-0.2, 0) is 6.54 Å². The summed E-state index contributed by atoms with van der Waals surface area (Å²) < 4.78 is 0. The van der Waals surface area contributed by atoms with Gasteiger partial charge in [0.1, 0.15) is 0 Å². The Morgan fingerprint density at radius 1 is 1.33 bits per heavy atom. The Hall–Kier alpha value is -1.22. The van der Waals surface area contributed by atoms with E-state index < -0.39 is 6.09 Å². The lowest BCUT2D eigenvalue weighted by Gasteiger charge is -2.18. The first-order valence-electron chi connectivity index (χ1n) is 4.82. The van der Waals surface area contributed by atoms with Crippen LogP contribution in [-0.4, -0.2) is 28.5 Å². The van der Waals surface area contributed by atoms with E-state index in [1.165, 1.54) is 4.90 Å². The van der Waals surface area contributed by atoms with Crippen molar-refractivity contribution < 1.29 is 9.90 Å². The lowest BCUT2D eigenvalue weighted by atomic mass is 10.2. The highest BCUT2D eigenvalue weighted by molar-refractivity contribution is 6.17. The lowest BCUT2D eigenvalue weighted by molar-refractivity contribution is 0.142. The number of rotatable bonds is 5. The number of halogens is 1. The second-order valence-corrected chi connectivity index (χ2v) is 3.61. The molecule has 0 unspecified atom stereocenters. The van der Waals surface area contributed by atoms with Gasteiger partial charge in [-0.1, -0.05) is 30.3 Å². The molecule has 0 spiro atoms. The van der Waals surface area contributed by atoms with Crippen LogP contribution < -0.4 is 0 Å². The largest absolute Gasteiger partial charge is 0.465 e. The summed E-state index contributed by atoms with van der Waals surface area (Å²) in [5.74, 6) is 0.485. The van der Waals surface area contributed by atoms with Crippen molar-refractivity contribution in [1.29, 1.82) is 0 Å². The Bertz CT molecular complexity index is 303. The van der Waals surface area contributed by atoms with Crippen LogP contribution in [0.15, 0.2) is 30.3 Å². The van der Waals surface area contributed by atoms with Crippen LogP contribution in [0.2, 0.25) is 0 Å². The molecule has 1 rings (SSSR count). The van der Waals surface area contributed by atoms with Gasteiger partial charge in [0.15, 0.2) is 0 Å². The van der Waals surface area contributed by atoms with E-state index in [2.05, 4.69) is 0 Å². The normalized spacial score (nSPS) is 9.93. The van der Waals surface area contributed by atoms with Crippen LogP contribution in [0.3, 0.4) is 0 Å². The number of alkyl halides is 1. The maximum atomic E-state index is 10.9. The van der Waals surface area contributed by atoms with Crippen LogP contribution in [0.4, 0.5) is 4.79 Å². The van der Waals surface area contributed by atoms with E-state index in [1.807, 2.05) is 30.3 Å². The fraction of sp³-hybridized carbons (Fsp3) is 0.364. The van der Waals surface area contributed by atoms with Gasteiger partial charge in [0.25, 0.3) is 0 Å². The van der Waals surface area contributed by atoms with Gasteiger partial charge in [-0.05, 0) is 12.0 Å². The zero-order valence-electron chi connectivity index (χ0n) is 8.40. The second-order valence-electron chi connectivity index (χ2n) is 3.23. The summed E-state index contributed by atoms with van der Waals surface area (Å²) in [5.41, 5.74) is 0.995. The Morgan fingerprint density at radius 3 is 2.53 bits per heavy atom. The van der Waals surface area contributed by atoms with E-state index in [-0.39, 0.29) is 0 Å². The summed E-state index contributed by atoms with van der Waals surface area (Å²) in [5, 5.41) is 8.94. The minimum Gasteiger partial charge on any atom is -0.465 e. The molecule has 3 nitrogen and oxygen atoms in total. The van der Waals surface area contributed by atoms with E-state index in [4.69, 9.17) is 16.7 Å². The molecule has 1 aromatic carbocycles. The summed E-state index contributed by atoms with van der Waals surface area (Å²) >= 11 is 5.53. The molecule has 1 N–H and O–H groups in total. The average Bonchev–Trinajstić information content (AvgIpc) is 2.25. The van der Waals surface area contributed by atoms with Crippen molar-refractivity contribution in [2.24, 2.45) is 0 Å². The topological polar surface area (TPSA) is 40.5 Å². The van der Waals surface area contributed by atoms with Gasteiger partial charge in [-0.3, -0.25) is 0 Å². The molecule has 0 aromatic heterocycles. The predicted octanol–water partition coefficient (Wildman–Crippen LogP) is 2.80. The summed E-state index contributed by atoms with van der Waals surface area (Å²) in [6, 6.07) is 9.54. The van der Waals surface area contributed by atoms with Crippen LogP contribution in [0.5, 0.6) is 0 Å². The molecule has 1 aromatic rings. The molecule has 0 aliphatic carbocycles. The molecule has 0 saturated carbocycles. The monoisotopic (exact) mass is 227 g/mol. The number of nitrogens with zero attached hydrogens (tertiary/aromatic N) is 1. The van der Waals surface area contributed by atoms with Crippen molar-refractivity contribution in [3.8, 4) is 0 Å². The van der Waals surface area contributed by atoms with Gasteiger partial charge in [0.05, 0.1) is 0 Å². The van der Waals surface area contributed by atoms with Gasteiger partial charge < -0.3 is 10.0 Å². The summed E-state index contributed by atoms with van der Waals surface area (Å²) in [4.78, 5) is 12.3. The standard InChI is InChI=1S/C11H14ClNO2/c12-7-4-8-13(11(14)15)9-10-5-2-1-3-6-10/h1-3,5-6H,4,7-9H2,(H,14,15). The molecule has 0 aliphatic rings. The smallest absolute Gasteiger partial charge is 0.407 e. The number of carboxylic acid groups (broad SMARTS) is 1. The van der Waals surface area contributed by atoms with E-state index in [0.29, 0.717) is 25.4 Å². The van der Waals surface area contributed by atoms with Gasteiger partial charge >= 0.3 is 6.09 Å². The zero-order valence-corrected chi connectivity index (χ0v) is 9.15. The predicted molar refractivity (Wildman–Crippen MR) is 60.2 cm³/mol. The average molecular weight is 228 g/mol. The minimum absolute atomic E-state index is 0.424. The van der Waals surface area contributed by atoms with Crippen LogP contribution in [0, 0.1) is 0 Å². The second kappa shape index (κ2) is 6.30. The number of hydrogen-bond acceptors (Lipinski definition) is 1. The third kappa shape index (κ3) is 4.21. The maximum Gasteiger partial charge on any atom is 0.407 e. The molecular weight excluding hydrogens is 214 g/mol. The molecule has 0 bridgehead atoms. The van der Waals surface area contributed by atoms with Crippen LogP contribution in [0.25, 0.3) is 0 Å². The molecule has 0 fully saturated rings. The van der Waals surface area contributed by atoms with Crippen molar-refractivity contribution in [3.63, 3.8) is 0 Å². The molecule has 4 heteroatoms. The van der Waals surface area contributed by atoms with Gasteiger partial charge in [0.2, 0.25) is 0 Å². The molecular formula is C11H14ClNO2. The van der Waals surface area contributed by atoms with Crippen molar-refractivity contribution in [1.82, 2.24) is 4.90 Å². The molecule has 0 aliphatic heterocycles. The lowest BCUT2D eigenvalue weighted by Crippen LogP contribution is -2.30. The Balaban J connectivity index is 2.55. The van der Waals surface area contributed by atoms with E-state index in [1.54, 1.807) is 0 Å². The first-order valence-corrected chi connectivity index (χ1v) is 5.35. The zero-order chi connectivity index (χ0) is 11.1. The molecule has 82 valence electrons. The molecule has 0 heterocycles. The number of carbonyl (C=O) groups is 1. The first-order chi connectivity index (χ1) is 7.24. The highest BCUT2D eigenvalue weighted by atomic mass is 35.5. The van der Waals surface area contributed by atoms with Crippen molar-refractivity contribution in [2.75, 3.05) is 12.4 Å². The van der Waals surface area contributed by atoms with Gasteiger partial charge in [-0.2, -0.15) is 0 Å². The number of hydrogen-bond donors (Lipinski definition) is 1. The number of benzene rings is 1. The van der Waals surface area contributed by atoms with Gasteiger partial charge in [-0.15, -0.1) is 11.6 Å².